The van der Waals surface area contributed by atoms with E-state index in [0.29, 0.717) is 5.69 Å². The van der Waals surface area contributed by atoms with E-state index in [1.54, 1.807) is 18.2 Å². The van der Waals surface area contributed by atoms with E-state index >= 15 is 0 Å². The van der Waals surface area contributed by atoms with E-state index in [1.807, 2.05) is 6.07 Å². The molecular weight excluding hydrogens is 276 g/mol. The Morgan fingerprint density at radius 3 is 2.62 bits per heavy atom. The zero-order valence-corrected chi connectivity index (χ0v) is 9.98. The number of ketones is 1. The highest BCUT2D eigenvalue weighted by atomic mass is 79.9. The Hall–Kier alpha value is -1.69. The molecule has 0 saturated carbocycles. The molecule has 0 radical (unpaired) electrons. The fraction of sp³-hybridized carbons (Fsp3) is 0.100. The first-order valence-electron chi connectivity index (χ1n) is 4.34. The first-order chi connectivity index (χ1) is 7.50. The molecule has 0 fully saturated rings. The number of hydrazone groups is 1. The van der Waals surface area contributed by atoms with Crippen LogP contribution in [0.5, 0.6) is 0 Å². The Labute approximate surface area is 100 Å². The lowest BCUT2D eigenvalue weighted by atomic mass is 10.3. The average molecular weight is 285 g/mol. The molecule has 0 saturated heterocycles. The molecule has 0 amide bonds. The molecule has 0 spiro atoms. The number of carboxylic acid groups (broad SMARTS) is 1. The Morgan fingerprint density at radius 1 is 1.44 bits per heavy atom. The first-order valence-corrected chi connectivity index (χ1v) is 5.13. The summed E-state index contributed by atoms with van der Waals surface area (Å²) in [6.07, 6.45) is 0. The van der Waals surface area contributed by atoms with Crippen molar-refractivity contribution in [1.82, 2.24) is 0 Å². The lowest BCUT2D eigenvalue weighted by molar-refractivity contribution is -0.130. The number of nitrogens with zero attached hydrogens (tertiary/aromatic N) is 1. The zero-order chi connectivity index (χ0) is 12.1. The van der Waals surface area contributed by atoms with Gasteiger partial charge in [-0.15, -0.1) is 0 Å². The molecule has 0 bridgehead atoms. The van der Waals surface area contributed by atoms with Crippen LogP contribution in [0.25, 0.3) is 0 Å². The van der Waals surface area contributed by atoms with Crippen molar-refractivity contribution in [2.45, 2.75) is 6.92 Å². The minimum absolute atomic E-state index is 0.528. The van der Waals surface area contributed by atoms with Crippen LogP contribution in [0.15, 0.2) is 33.8 Å². The van der Waals surface area contributed by atoms with Crippen LogP contribution in [0.2, 0.25) is 0 Å². The van der Waals surface area contributed by atoms with Gasteiger partial charge in [-0.1, -0.05) is 22.0 Å². The molecule has 0 aliphatic heterocycles. The summed E-state index contributed by atoms with van der Waals surface area (Å²) in [5, 5.41) is 12.2. The number of rotatable bonds is 4. The number of Topliss-reactive ketones (excluding diaryl/α,β-unsaturated/α-hetero) is 1. The van der Waals surface area contributed by atoms with Crippen LogP contribution in [0.4, 0.5) is 5.69 Å². The van der Waals surface area contributed by atoms with E-state index in [0.717, 1.165) is 11.4 Å². The summed E-state index contributed by atoms with van der Waals surface area (Å²) in [6.45, 7) is 1.15. The molecule has 0 unspecified atom stereocenters. The molecule has 1 aromatic rings. The third-order valence-electron chi connectivity index (χ3n) is 1.66. The van der Waals surface area contributed by atoms with E-state index in [2.05, 4.69) is 26.5 Å². The average Bonchev–Trinajstić information content (AvgIpc) is 2.16. The minimum atomic E-state index is -1.35. The first kappa shape index (κ1) is 12.4. The summed E-state index contributed by atoms with van der Waals surface area (Å²) >= 11 is 3.26. The summed E-state index contributed by atoms with van der Waals surface area (Å²) in [6, 6.07) is 6.99. The van der Waals surface area contributed by atoms with Gasteiger partial charge in [0.2, 0.25) is 5.71 Å². The molecule has 2 N–H and O–H groups in total. The van der Waals surface area contributed by atoms with Gasteiger partial charge in [0.05, 0.1) is 5.69 Å². The number of benzene rings is 1. The number of hydrogen-bond donors (Lipinski definition) is 2. The number of carboxylic acids is 1. The fourth-order valence-corrected chi connectivity index (χ4v) is 1.35. The van der Waals surface area contributed by atoms with Crippen molar-refractivity contribution in [3.8, 4) is 0 Å². The van der Waals surface area contributed by atoms with Gasteiger partial charge in [0.25, 0.3) is 0 Å². The lowest BCUT2D eigenvalue weighted by Gasteiger charge is -2.01. The van der Waals surface area contributed by atoms with Crippen molar-refractivity contribution in [1.29, 1.82) is 0 Å². The predicted molar refractivity (Wildman–Crippen MR) is 63.5 cm³/mol. The third-order valence-corrected chi connectivity index (χ3v) is 2.15. The SMILES string of the molecule is CC(=O)/C(=N\Nc1cccc(Br)c1)C(=O)O. The molecule has 5 nitrogen and oxygen atoms in total. The van der Waals surface area contributed by atoms with Gasteiger partial charge in [-0.3, -0.25) is 10.2 Å². The molecule has 6 heteroatoms. The van der Waals surface area contributed by atoms with Crippen LogP contribution in [0.3, 0.4) is 0 Å². The summed E-state index contributed by atoms with van der Waals surface area (Å²) in [5.41, 5.74) is 2.57. The lowest BCUT2D eigenvalue weighted by Crippen LogP contribution is -2.22. The number of aliphatic carboxylic acids is 1. The van der Waals surface area contributed by atoms with Gasteiger partial charge >= 0.3 is 5.97 Å². The Morgan fingerprint density at radius 2 is 2.12 bits per heavy atom. The van der Waals surface area contributed by atoms with Crippen LogP contribution < -0.4 is 5.43 Å². The molecule has 1 rings (SSSR count). The number of hydrogen-bond acceptors (Lipinski definition) is 4. The maximum atomic E-state index is 10.9. The second kappa shape index (κ2) is 5.41. The molecule has 1 aromatic carbocycles. The Bertz CT molecular complexity index is 441. The molecule has 0 atom stereocenters. The number of anilines is 1. The normalized spacial score (nSPS) is 11.0. The van der Waals surface area contributed by atoms with E-state index in [1.165, 1.54) is 0 Å². The minimum Gasteiger partial charge on any atom is -0.476 e. The van der Waals surface area contributed by atoms with Crippen molar-refractivity contribution in [2.24, 2.45) is 5.10 Å². The second-order valence-corrected chi connectivity index (χ2v) is 3.86. The standard InChI is InChI=1S/C10H9BrN2O3/c1-6(14)9(10(15)16)13-12-8-4-2-3-7(11)5-8/h2-5,12H,1H3,(H,15,16)/b13-9+. The number of halogens is 1. The van der Waals surface area contributed by atoms with Crippen molar-refractivity contribution in [3.05, 3.63) is 28.7 Å². The van der Waals surface area contributed by atoms with E-state index in [9.17, 15) is 9.59 Å². The maximum absolute atomic E-state index is 10.9. The topological polar surface area (TPSA) is 78.8 Å². The van der Waals surface area contributed by atoms with Crippen LogP contribution in [0, 0.1) is 0 Å². The Kier molecular flexibility index (Phi) is 4.19. The largest absolute Gasteiger partial charge is 0.476 e. The van der Waals surface area contributed by atoms with Gasteiger partial charge in [0, 0.05) is 11.4 Å². The summed E-state index contributed by atoms with van der Waals surface area (Å²) in [4.78, 5) is 21.5. The molecule has 16 heavy (non-hydrogen) atoms. The van der Waals surface area contributed by atoms with Gasteiger partial charge in [-0.05, 0) is 18.2 Å². The smallest absolute Gasteiger partial charge is 0.360 e. The van der Waals surface area contributed by atoms with E-state index in [-0.39, 0.29) is 0 Å². The number of nitrogens with one attached hydrogen (secondary N) is 1. The summed E-state index contributed by atoms with van der Waals surface area (Å²) in [5.74, 6) is -1.95. The highest BCUT2D eigenvalue weighted by Crippen LogP contribution is 2.15. The number of carbonyl (C=O) groups excluding carboxylic acids is 1. The maximum Gasteiger partial charge on any atom is 0.360 e. The second-order valence-electron chi connectivity index (χ2n) is 2.94. The quantitative estimate of drug-likeness (QED) is 0.503. The monoisotopic (exact) mass is 284 g/mol. The van der Waals surface area contributed by atoms with Crippen LogP contribution in [-0.4, -0.2) is 22.6 Å². The molecule has 0 aliphatic rings. The van der Waals surface area contributed by atoms with E-state index < -0.39 is 17.5 Å². The molecule has 0 aliphatic carbocycles. The molecular formula is C10H9BrN2O3. The van der Waals surface area contributed by atoms with Crippen LogP contribution in [0.1, 0.15) is 6.92 Å². The van der Waals surface area contributed by atoms with Crippen molar-refractivity contribution >= 4 is 39.1 Å². The zero-order valence-electron chi connectivity index (χ0n) is 8.40. The number of carbonyl (C=O) groups is 2. The summed E-state index contributed by atoms with van der Waals surface area (Å²) < 4.78 is 0.826. The molecule has 84 valence electrons. The van der Waals surface area contributed by atoms with Gasteiger partial charge in [-0.2, -0.15) is 5.10 Å². The van der Waals surface area contributed by atoms with Crippen molar-refractivity contribution in [2.75, 3.05) is 5.43 Å². The van der Waals surface area contributed by atoms with E-state index in [4.69, 9.17) is 5.11 Å². The van der Waals surface area contributed by atoms with Crippen LogP contribution >= 0.6 is 15.9 Å². The van der Waals surface area contributed by atoms with Gasteiger partial charge < -0.3 is 5.11 Å². The highest BCUT2D eigenvalue weighted by molar-refractivity contribution is 9.10. The predicted octanol–water partition coefficient (Wildman–Crippen LogP) is 1.89. The Balaban J connectivity index is 2.85. The van der Waals surface area contributed by atoms with Gasteiger partial charge in [0.1, 0.15) is 0 Å². The molecule has 0 heterocycles. The van der Waals surface area contributed by atoms with Crippen LogP contribution in [-0.2, 0) is 9.59 Å². The van der Waals surface area contributed by atoms with Gasteiger partial charge in [-0.25, -0.2) is 4.79 Å². The summed E-state index contributed by atoms with van der Waals surface area (Å²) in [7, 11) is 0. The third kappa shape index (κ3) is 3.47. The highest BCUT2D eigenvalue weighted by Gasteiger charge is 2.14. The van der Waals surface area contributed by atoms with Crippen molar-refractivity contribution < 1.29 is 14.7 Å². The van der Waals surface area contributed by atoms with Gasteiger partial charge in [0.15, 0.2) is 5.78 Å². The van der Waals surface area contributed by atoms with Crippen molar-refractivity contribution in [3.63, 3.8) is 0 Å². The molecule has 0 aromatic heterocycles. The fourth-order valence-electron chi connectivity index (χ4n) is 0.956.